The van der Waals surface area contributed by atoms with Crippen LogP contribution in [-0.4, -0.2) is 31.1 Å². The molecule has 2 N–H and O–H groups in total. The second-order valence-corrected chi connectivity index (χ2v) is 5.12. The first kappa shape index (κ1) is 12.8. The number of aryl methyl sites for hydroxylation is 1. The summed E-state index contributed by atoms with van der Waals surface area (Å²) in [4.78, 5) is 11.9. The molecule has 1 aliphatic rings. The first-order chi connectivity index (χ1) is 9.70. The predicted molar refractivity (Wildman–Crippen MR) is 72.8 cm³/mol. The van der Waals surface area contributed by atoms with E-state index in [1.807, 2.05) is 6.07 Å². The maximum Gasteiger partial charge on any atom is 0.231 e. The zero-order valence-electron chi connectivity index (χ0n) is 11.3. The van der Waals surface area contributed by atoms with Gasteiger partial charge in [-0.25, -0.2) is 0 Å². The number of amides is 1. The lowest BCUT2D eigenvalue weighted by Gasteiger charge is -2.03. The molecule has 7 nitrogen and oxygen atoms in total. The number of aromatic nitrogens is 5. The number of rotatable bonds is 4. The molecule has 2 aromatic rings. The largest absolute Gasteiger partial charge is 0.309 e. The Labute approximate surface area is 116 Å². The molecular weight excluding hydrogens is 256 g/mol. The summed E-state index contributed by atoms with van der Waals surface area (Å²) in [5.74, 6) is 0.940. The van der Waals surface area contributed by atoms with Gasteiger partial charge in [-0.15, -0.1) is 5.10 Å². The summed E-state index contributed by atoms with van der Waals surface area (Å²) in [5, 5.41) is 17.6. The van der Waals surface area contributed by atoms with Gasteiger partial charge in [-0.3, -0.25) is 14.6 Å². The number of H-pyrrole nitrogens is 1. The second-order valence-electron chi connectivity index (χ2n) is 5.12. The van der Waals surface area contributed by atoms with Gasteiger partial charge in [0.05, 0.1) is 12.1 Å². The van der Waals surface area contributed by atoms with E-state index >= 15 is 0 Å². The molecule has 0 aromatic carbocycles. The van der Waals surface area contributed by atoms with Crippen molar-refractivity contribution in [1.82, 2.24) is 25.2 Å². The fourth-order valence-electron chi connectivity index (χ4n) is 2.48. The number of carbonyl (C=O) groups is 1. The third kappa shape index (κ3) is 2.87. The minimum absolute atomic E-state index is 0.137. The quantitative estimate of drug-likeness (QED) is 0.875. The van der Waals surface area contributed by atoms with Crippen molar-refractivity contribution in [3.8, 4) is 0 Å². The third-order valence-corrected chi connectivity index (χ3v) is 3.47. The minimum Gasteiger partial charge on any atom is -0.309 e. The Morgan fingerprint density at radius 3 is 3.20 bits per heavy atom. The summed E-state index contributed by atoms with van der Waals surface area (Å²) in [6.07, 6.45) is 7.59. The first-order valence-corrected chi connectivity index (χ1v) is 6.73. The van der Waals surface area contributed by atoms with Crippen LogP contribution in [-0.2, 0) is 18.3 Å². The van der Waals surface area contributed by atoms with Crippen molar-refractivity contribution in [2.24, 2.45) is 7.05 Å². The van der Waals surface area contributed by atoms with Gasteiger partial charge in [-0.1, -0.05) is 5.21 Å². The molecule has 2 heterocycles. The summed E-state index contributed by atoms with van der Waals surface area (Å²) < 4.78 is 1.58. The van der Waals surface area contributed by atoms with Gasteiger partial charge in [0.15, 0.2) is 5.82 Å². The molecule has 105 valence electrons. The van der Waals surface area contributed by atoms with Crippen LogP contribution in [0.25, 0.3) is 0 Å². The van der Waals surface area contributed by atoms with E-state index in [0.29, 0.717) is 17.4 Å². The number of nitrogens with one attached hydrogen (secondary N) is 2. The molecule has 1 atom stereocenters. The third-order valence-electron chi connectivity index (χ3n) is 3.47. The molecular formula is C13H17N6O. The van der Waals surface area contributed by atoms with E-state index in [2.05, 4.69) is 32.2 Å². The molecule has 1 aliphatic carbocycles. The molecule has 1 radical (unpaired) electrons. The molecule has 1 amide bonds. The highest BCUT2D eigenvalue weighted by molar-refractivity contribution is 5.91. The van der Waals surface area contributed by atoms with Crippen LogP contribution in [0.2, 0.25) is 0 Å². The summed E-state index contributed by atoms with van der Waals surface area (Å²) in [6.45, 7) is 0. The van der Waals surface area contributed by atoms with Crippen LogP contribution in [0.4, 0.5) is 5.82 Å². The number of anilines is 1. The van der Waals surface area contributed by atoms with E-state index in [4.69, 9.17) is 0 Å². The van der Waals surface area contributed by atoms with Gasteiger partial charge in [0.1, 0.15) is 0 Å². The van der Waals surface area contributed by atoms with Crippen molar-refractivity contribution in [1.29, 1.82) is 0 Å². The molecule has 0 bridgehead atoms. The smallest absolute Gasteiger partial charge is 0.231 e. The van der Waals surface area contributed by atoms with Crippen LogP contribution in [0.1, 0.15) is 36.6 Å². The number of aromatic amines is 1. The van der Waals surface area contributed by atoms with Crippen LogP contribution in [0.3, 0.4) is 0 Å². The van der Waals surface area contributed by atoms with E-state index in [9.17, 15) is 4.79 Å². The maximum atomic E-state index is 11.9. The summed E-state index contributed by atoms with van der Waals surface area (Å²) in [6, 6.07) is 1.92. The Kier molecular flexibility index (Phi) is 3.49. The van der Waals surface area contributed by atoms with Crippen LogP contribution >= 0.6 is 0 Å². The lowest BCUT2D eigenvalue weighted by atomic mass is 10.0. The fourth-order valence-corrected chi connectivity index (χ4v) is 2.48. The second kappa shape index (κ2) is 5.44. The van der Waals surface area contributed by atoms with Crippen molar-refractivity contribution >= 4 is 11.7 Å². The minimum atomic E-state index is -0.137. The zero-order chi connectivity index (χ0) is 13.9. The number of nitrogens with zero attached hydrogens (tertiary/aromatic N) is 4. The standard InChI is InChI=1S/C13H17N6O/c1-19-8-10(15-18-19)6-13(20)14-12-7-11(16-17-12)9-4-2-3-5-9/h2,7-9H,3-6H2,1H3,(H2,14,16,17,20)/t9-/m0/s1. The average Bonchev–Trinajstić information content (AvgIpc) is 3.10. The average molecular weight is 273 g/mol. The van der Waals surface area contributed by atoms with Crippen LogP contribution in [0, 0.1) is 6.42 Å². The highest BCUT2D eigenvalue weighted by Crippen LogP contribution is 2.32. The molecule has 1 saturated carbocycles. The fraction of sp³-hybridized carbons (Fsp3) is 0.462. The highest BCUT2D eigenvalue weighted by atomic mass is 16.1. The molecule has 1 fully saturated rings. The van der Waals surface area contributed by atoms with E-state index in [1.165, 1.54) is 0 Å². The predicted octanol–water partition coefficient (Wildman–Crippen LogP) is 1.19. The normalized spacial score (nSPS) is 15.7. The molecule has 20 heavy (non-hydrogen) atoms. The lowest BCUT2D eigenvalue weighted by Crippen LogP contribution is -2.14. The van der Waals surface area contributed by atoms with E-state index < -0.39 is 0 Å². The van der Waals surface area contributed by atoms with Gasteiger partial charge < -0.3 is 5.32 Å². The Balaban J connectivity index is 1.58. The molecule has 2 aromatic heterocycles. The van der Waals surface area contributed by atoms with Crippen molar-refractivity contribution in [2.45, 2.75) is 31.6 Å². The first-order valence-electron chi connectivity index (χ1n) is 6.73. The molecule has 0 aliphatic heterocycles. The van der Waals surface area contributed by atoms with Gasteiger partial charge in [-0.2, -0.15) is 5.10 Å². The van der Waals surface area contributed by atoms with Crippen LogP contribution in [0.5, 0.6) is 0 Å². The van der Waals surface area contributed by atoms with Crippen LogP contribution < -0.4 is 5.32 Å². The van der Waals surface area contributed by atoms with E-state index in [-0.39, 0.29) is 12.3 Å². The van der Waals surface area contributed by atoms with Crippen molar-refractivity contribution in [2.75, 3.05) is 5.32 Å². The summed E-state index contributed by atoms with van der Waals surface area (Å²) in [5.41, 5.74) is 1.74. The number of hydrogen-bond donors (Lipinski definition) is 2. The van der Waals surface area contributed by atoms with E-state index in [0.717, 1.165) is 25.0 Å². The van der Waals surface area contributed by atoms with Crippen molar-refractivity contribution < 1.29 is 4.79 Å². The Hall–Kier alpha value is -2.18. The molecule has 0 saturated heterocycles. The Bertz CT molecular complexity index is 596. The highest BCUT2D eigenvalue weighted by Gasteiger charge is 2.19. The van der Waals surface area contributed by atoms with E-state index in [1.54, 1.807) is 17.9 Å². The van der Waals surface area contributed by atoms with Gasteiger partial charge in [0.2, 0.25) is 5.91 Å². The molecule has 3 rings (SSSR count). The monoisotopic (exact) mass is 273 g/mol. The summed E-state index contributed by atoms with van der Waals surface area (Å²) in [7, 11) is 1.77. The molecule has 0 unspecified atom stereocenters. The topological polar surface area (TPSA) is 88.5 Å². The van der Waals surface area contributed by atoms with Crippen LogP contribution in [0.15, 0.2) is 12.3 Å². The van der Waals surface area contributed by atoms with Crippen molar-refractivity contribution in [3.63, 3.8) is 0 Å². The summed E-state index contributed by atoms with van der Waals surface area (Å²) >= 11 is 0. The Morgan fingerprint density at radius 2 is 2.50 bits per heavy atom. The zero-order valence-corrected chi connectivity index (χ0v) is 11.3. The molecule has 7 heteroatoms. The number of hydrogen-bond acceptors (Lipinski definition) is 4. The SMILES string of the molecule is Cn1cc(CC(=O)Nc2cc([C@H]3C[CH]CC3)[nH]n2)nn1. The maximum absolute atomic E-state index is 11.9. The lowest BCUT2D eigenvalue weighted by molar-refractivity contribution is -0.115. The Morgan fingerprint density at radius 1 is 1.60 bits per heavy atom. The number of carbonyl (C=O) groups excluding carboxylic acids is 1. The van der Waals surface area contributed by atoms with Gasteiger partial charge >= 0.3 is 0 Å². The van der Waals surface area contributed by atoms with Gasteiger partial charge in [0.25, 0.3) is 0 Å². The van der Waals surface area contributed by atoms with Crippen molar-refractivity contribution in [3.05, 3.63) is 30.1 Å². The van der Waals surface area contributed by atoms with Gasteiger partial charge in [-0.05, 0) is 25.7 Å². The molecule has 0 spiro atoms. The van der Waals surface area contributed by atoms with Gasteiger partial charge in [0, 0.05) is 30.9 Å².